The van der Waals surface area contributed by atoms with Crippen LogP contribution in [0.25, 0.3) is 0 Å². The largest absolute Gasteiger partial charge is 0.495 e. The summed E-state index contributed by atoms with van der Waals surface area (Å²) in [6.45, 7) is 0. The minimum Gasteiger partial charge on any atom is -0.495 e. The Bertz CT molecular complexity index is 1010. The number of sulfonamides is 1. The summed E-state index contributed by atoms with van der Waals surface area (Å²) in [6, 6.07) is 13.1. The highest BCUT2D eigenvalue weighted by Crippen LogP contribution is 2.49. The van der Waals surface area contributed by atoms with Gasteiger partial charge in [0.25, 0.3) is 10.0 Å². The number of methoxy groups -OCH3 is 1. The molecule has 1 amide bonds. The van der Waals surface area contributed by atoms with Crippen LogP contribution >= 0.6 is 0 Å². The van der Waals surface area contributed by atoms with Gasteiger partial charge in [0.05, 0.1) is 17.7 Å². The highest BCUT2D eigenvalue weighted by molar-refractivity contribution is 7.92. The zero-order valence-corrected chi connectivity index (χ0v) is 17.2. The number of nitrogens with one attached hydrogen (secondary N) is 2. The maximum atomic E-state index is 12.8. The molecule has 0 spiro atoms. The number of rotatable bonds is 7. The van der Waals surface area contributed by atoms with Gasteiger partial charge in [-0.15, -0.1) is 0 Å². The van der Waals surface area contributed by atoms with Gasteiger partial charge in [0.2, 0.25) is 5.91 Å². The molecule has 2 aromatic rings. The third kappa shape index (κ3) is 4.40. The van der Waals surface area contributed by atoms with Crippen LogP contribution in [0.3, 0.4) is 0 Å². The van der Waals surface area contributed by atoms with Crippen molar-refractivity contribution in [3.8, 4) is 5.75 Å². The van der Waals surface area contributed by atoms with Gasteiger partial charge < -0.3 is 10.1 Å². The molecular weight excluding hydrogens is 388 g/mol. The first-order chi connectivity index (χ1) is 13.9. The fourth-order valence-corrected chi connectivity index (χ4v) is 5.87. The molecule has 7 heteroatoms. The van der Waals surface area contributed by atoms with Crippen LogP contribution in [-0.4, -0.2) is 21.4 Å². The molecular formula is C22H26N2O4S. The number of anilines is 2. The van der Waals surface area contributed by atoms with Gasteiger partial charge in [-0.05, 0) is 67.3 Å². The van der Waals surface area contributed by atoms with Gasteiger partial charge in [-0.25, -0.2) is 8.42 Å². The topological polar surface area (TPSA) is 84.5 Å². The molecule has 0 aromatic heterocycles. The van der Waals surface area contributed by atoms with Crippen molar-refractivity contribution >= 4 is 27.3 Å². The molecule has 2 aromatic carbocycles. The summed E-state index contributed by atoms with van der Waals surface area (Å²) in [4.78, 5) is 12.6. The lowest BCUT2D eigenvalue weighted by atomic mass is 9.86. The fraction of sp³-hybridized carbons (Fsp3) is 0.409. The molecule has 2 bridgehead atoms. The van der Waals surface area contributed by atoms with Crippen molar-refractivity contribution in [2.24, 2.45) is 17.8 Å². The van der Waals surface area contributed by atoms with Crippen molar-refractivity contribution in [2.75, 3.05) is 17.1 Å². The number of amides is 1. The number of benzene rings is 2. The van der Waals surface area contributed by atoms with Crippen molar-refractivity contribution in [3.63, 3.8) is 0 Å². The van der Waals surface area contributed by atoms with E-state index in [1.165, 1.54) is 38.5 Å². The molecule has 29 heavy (non-hydrogen) atoms. The molecule has 0 heterocycles. The third-order valence-electron chi connectivity index (χ3n) is 6.11. The summed E-state index contributed by atoms with van der Waals surface area (Å²) in [6.07, 6.45) is 5.47. The molecule has 6 nitrogen and oxygen atoms in total. The Morgan fingerprint density at radius 2 is 1.93 bits per heavy atom. The van der Waals surface area contributed by atoms with Crippen LogP contribution in [0.5, 0.6) is 5.75 Å². The lowest BCUT2D eigenvalue weighted by Crippen LogP contribution is -2.20. The number of para-hydroxylation sites is 2. The van der Waals surface area contributed by atoms with Gasteiger partial charge in [-0.2, -0.15) is 0 Å². The Kier molecular flexibility index (Phi) is 5.50. The second kappa shape index (κ2) is 8.06. The van der Waals surface area contributed by atoms with E-state index in [1.54, 1.807) is 36.4 Å². The smallest absolute Gasteiger partial charge is 0.262 e. The van der Waals surface area contributed by atoms with Crippen LogP contribution < -0.4 is 14.8 Å². The summed E-state index contributed by atoms with van der Waals surface area (Å²) < 4.78 is 33.3. The van der Waals surface area contributed by atoms with Crippen molar-refractivity contribution in [1.29, 1.82) is 0 Å². The van der Waals surface area contributed by atoms with E-state index >= 15 is 0 Å². The molecule has 2 aliphatic carbocycles. The fourth-order valence-electron chi connectivity index (χ4n) is 4.75. The molecule has 0 unspecified atom stereocenters. The number of ether oxygens (including phenoxy) is 1. The van der Waals surface area contributed by atoms with Crippen LogP contribution in [0.1, 0.15) is 32.1 Å². The first kappa shape index (κ1) is 19.8. The van der Waals surface area contributed by atoms with Crippen molar-refractivity contribution < 1.29 is 17.9 Å². The van der Waals surface area contributed by atoms with E-state index in [1.807, 2.05) is 0 Å². The van der Waals surface area contributed by atoms with Gasteiger partial charge in [0.1, 0.15) is 5.75 Å². The van der Waals surface area contributed by atoms with Crippen molar-refractivity contribution in [2.45, 2.75) is 37.0 Å². The second-order valence-corrected chi connectivity index (χ2v) is 9.70. The number of fused-ring (bicyclic) bond motifs is 2. The molecule has 2 saturated carbocycles. The molecule has 0 saturated heterocycles. The van der Waals surface area contributed by atoms with Crippen LogP contribution in [0.15, 0.2) is 53.4 Å². The number of carbonyl (C=O) groups excluding carboxylic acids is 1. The average molecular weight is 415 g/mol. The first-order valence-corrected chi connectivity index (χ1v) is 11.5. The van der Waals surface area contributed by atoms with Gasteiger partial charge in [-0.3, -0.25) is 9.52 Å². The van der Waals surface area contributed by atoms with E-state index < -0.39 is 10.0 Å². The molecule has 2 fully saturated rings. The average Bonchev–Trinajstić information content (AvgIpc) is 3.31. The van der Waals surface area contributed by atoms with Gasteiger partial charge in [0, 0.05) is 12.1 Å². The van der Waals surface area contributed by atoms with E-state index in [4.69, 9.17) is 4.74 Å². The van der Waals surface area contributed by atoms with Crippen LogP contribution in [0, 0.1) is 17.8 Å². The Hall–Kier alpha value is -2.54. The summed E-state index contributed by atoms with van der Waals surface area (Å²) in [5, 5.41) is 2.87. The Morgan fingerprint density at radius 3 is 2.66 bits per heavy atom. The number of hydrogen-bond donors (Lipinski definition) is 2. The first-order valence-electron chi connectivity index (χ1n) is 10.0. The maximum absolute atomic E-state index is 12.8. The second-order valence-electron chi connectivity index (χ2n) is 8.02. The Balaban J connectivity index is 1.44. The summed E-state index contributed by atoms with van der Waals surface area (Å²) in [5.41, 5.74) is 0.849. The normalized spacial score (nSPS) is 23.0. The number of carbonyl (C=O) groups is 1. The molecule has 4 rings (SSSR count). The van der Waals surface area contributed by atoms with Gasteiger partial charge in [0.15, 0.2) is 0 Å². The monoisotopic (exact) mass is 414 g/mol. The molecule has 2 aliphatic rings. The highest BCUT2D eigenvalue weighted by atomic mass is 32.2. The van der Waals surface area contributed by atoms with Crippen LogP contribution in [-0.2, 0) is 14.8 Å². The van der Waals surface area contributed by atoms with Gasteiger partial charge >= 0.3 is 0 Å². The van der Waals surface area contributed by atoms with Crippen molar-refractivity contribution in [1.82, 2.24) is 0 Å². The SMILES string of the molecule is COc1ccccc1NS(=O)(=O)c1cccc(NC(=O)C[C@@H]2C[C@@H]3CC[C@@H]2C3)c1. The van der Waals surface area contributed by atoms with Crippen LogP contribution in [0.4, 0.5) is 11.4 Å². The van der Waals surface area contributed by atoms with Crippen LogP contribution in [0.2, 0.25) is 0 Å². The highest BCUT2D eigenvalue weighted by Gasteiger charge is 2.40. The minimum atomic E-state index is -3.81. The van der Waals surface area contributed by atoms with E-state index in [0.29, 0.717) is 35.4 Å². The van der Waals surface area contributed by atoms with Crippen molar-refractivity contribution in [3.05, 3.63) is 48.5 Å². The predicted molar refractivity (Wildman–Crippen MR) is 112 cm³/mol. The standard InChI is InChI=1S/C22H26N2O4S/c1-28-21-8-3-2-7-20(21)24-29(26,27)19-6-4-5-18(14-19)23-22(25)13-17-12-15-9-10-16(17)11-15/h2-8,14-17,24H,9-13H2,1H3,(H,23,25)/t15-,16-,17+/m1/s1. The van der Waals surface area contributed by atoms with E-state index in [-0.39, 0.29) is 10.8 Å². The Labute approximate surface area is 171 Å². The number of hydrogen-bond acceptors (Lipinski definition) is 4. The van der Waals surface area contributed by atoms with E-state index in [2.05, 4.69) is 10.0 Å². The molecule has 0 radical (unpaired) electrons. The molecule has 2 N–H and O–H groups in total. The van der Waals surface area contributed by atoms with E-state index in [9.17, 15) is 13.2 Å². The zero-order valence-electron chi connectivity index (χ0n) is 16.4. The quantitative estimate of drug-likeness (QED) is 0.709. The zero-order chi connectivity index (χ0) is 20.4. The lowest BCUT2D eigenvalue weighted by Gasteiger charge is -2.21. The van der Waals surface area contributed by atoms with E-state index in [0.717, 1.165) is 12.3 Å². The molecule has 3 atom stereocenters. The summed E-state index contributed by atoms with van der Waals surface area (Å²) >= 11 is 0. The third-order valence-corrected chi connectivity index (χ3v) is 7.47. The maximum Gasteiger partial charge on any atom is 0.262 e. The lowest BCUT2D eigenvalue weighted by molar-refractivity contribution is -0.117. The molecule has 154 valence electrons. The predicted octanol–water partition coefficient (Wildman–Crippen LogP) is 4.26. The van der Waals surface area contributed by atoms with Gasteiger partial charge in [-0.1, -0.05) is 24.6 Å². The Morgan fingerprint density at radius 1 is 1.10 bits per heavy atom. The minimum absolute atomic E-state index is 0.0465. The molecule has 0 aliphatic heterocycles. The summed E-state index contributed by atoms with van der Waals surface area (Å²) in [5.74, 6) is 2.34. The summed E-state index contributed by atoms with van der Waals surface area (Å²) in [7, 11) is -2.33.